The summed E-state index contributed by atoms with van der Waals surface area (Å²) in [6.07, 6.45) is 3.31. The molecule has 0 bridgehead atoms. The topological polar surface area (TPSA) is 51.8 Å². The third-order valence-corrected chi connectivity index (χ3v) is 2.92. The van der Waals surface area contributed by atoms with E-state index in [0.717, 1.165) is 10.8 Å². The monoisotopic (exact) mass is 197 g/mol. The lowest BCUT2D eigenvalue weighted by atomic mass is 10.1. The third-order valence-electron chi connectivity index (χ3n) is 1.83. The van der Waals surface area contributed by atoms with E-state index in [1.165, 1.54) is 0 Å². The number of rotatable bonds is 4. The molecular weight excluding hydrogens is 182 g/mol. The van der Waals surface area contributed by atoms with Gasteiger partial charge in [-0.2, -0.15) is 0 Å². The molecule has 1 rings (SSSR count). The SMILES string of the molecule is CC(C)C(N)CSc1ccncn1. The third kappa shape index (κ3) is 3.74. The molecule has 1 atom stereocenters. The van der Waals surface area contributed by atoms with Crippen molar-refractivity contribution in [1.82, 2.24) is 9.97 Å². The maximum absolute atomic E-state index is 5.90. The van der Waals surface area contributed by atoms with Crippen molar-refractivity contribution >= 4 is 11.8 Å². The van der Waals surface area contributed by atoms with E-state index in [-0.39, 0.29) is 6.04 Å². The van der Waals surface area contributed by atoms with Gasteiger partial charge >= 0.3 is 0 Å². The first kappa shape index (κ1) is 10.5. The minimum absolute atomic E-state index is 0.236. The second kappa shape index (κ2) is 5.19. The molecule has 0 spiro atoms. The van der Waals surface area contributed by atoms with Gasteiger partial charge in [0.05, 0.1) is 5.03 Å². The second-order valence-corrected chi connectivity index (χ2v) is 4.31. The van der Waals surface area contributed by atoms with Crippen LogP contribution in [0.2, 0.25) is 0 Å². The molecule has 3 nitrogen and oxygen atoms in total. The molecule has 0 saturated heterocycles. The highest BCUT2D eigenvalue weighted by Crippen LogP contribution is 2.16. The van der Waals surface area contributed by atoms with Gasteiger partial charge in [0.2, 0.25) is 0 Å². The lowest BCUT2D eigenvalue weighted by Crippen LogP contribution is -2.28. The summed E-state index contributed by atoms with van der Waals surface area (Å²) in [6, 6.07) is 2.14. The van der Waals surface area contributed by atoms with Crippen molar-refractivity contribution in [2.75, 3.05) is 5.75 Å². The molecule has 0 aliphatic rings. The van der Waals surface area contributed by atoms with Gasteiger partial charge < -0.3 is 5.73 Å². The molecular formula is C9H15N3S. The molecule has 0 saturated carbocycles. The number of nitrogens with zero attached hydrogens (tertiary/aromatic N) is 2. The van der Waals surface area contributed by atoms with E-state index in [0.29, 0.717) is 5.92 Å². The van der Waals surface area contributed by atoms with Gasteiger partial charge in [-0.15, -0.1) is 11.8 Å². The molecule has 1 aromatic heterocycles. The van der Waals surface area contributed by atoms with Crippen molar-refractivity contribution in [3.63, 3.8) is 0 Å². The predicted octanol–water partition coefficient (Wildman–Crippen LogP) is 1.55. The number of hydrogen-bond acceptors (Lipinski definition) is 4. The van der Waals surface area contributed by atoms with Crippen LogP contribution in [0.25, 0.3) is 0 Å². The van der Waals surface area contributed by atoms with Crippen LogP contribution in [0, 0.1) is 5.92 Å². The maximum atomic E-state index is 5.90. The first-order chi connectivity index (χ1) is 6.20. The van der Waals surface area contributed by atoms with Crippen LogP contribution in [0.5, 0.6) is 0 Å². The minimum atomic E-state index is 0.236. The van der Waals surface area contributed by atoms with E-state index in [4.69, 9.17) is 5.73 Å². The van der Waals surface area contributed by atoms with Crippen molar-refractivity contribution in [1.29, 1.82) is 0 Å². The zero-order chi connectivity index (χ0) is 9.68. The molecule has 13 heavy (non-hydrogen) atoms. The van der Waals surface area contributed by atoms with Crippen LogP contribution < -0.4 is 5.73 Å². The largest absolute Gasteiger partial charge is 0.327 e. The zero-order valence-electron chi connectivity index (χ0n) is 7.97. The maximum Gasteiger partial charge on any atom is 0.116 e. The predicted molar refractivity (Wildman–Crippen MR) is 55.6 cm³/mol. The summed E-state index contributed by atoms with van der Waals surface area (Å²) >= 11 is 1.68. The molecule has 72 valence electrons. The van der Waals surface area contributed by atoms with Gasteiger partial charge in [0.25, 0.3) is 0 Å². The highest BCUT2D eigenvalue weighted by Gasteiger charge is 2.07. The van der Waals surface area contributed by atoms with Gasteiger partial charge in [0, 0.05) is 18.0 Å². The Morgan fingerprint density at radius 2 is 2.31 bits per heavy atom. The van der Waals surface area contributed by atoms with Crippen LogP contribution in [-0.2, 0) is 0 Å². The average molecular weight is 197 g/mol. The van der Waals surface area contributed by atoms with Crippen LogP contribution in [-0.4, -0.2) is 21.8 Å². The van der Waals surface area contributed by atoms with Crippen molar-refractivity contribution < 1.29 is 0 Å². The Bertz CT molecular complexity index is 238. The Morgan fingerprint density at radius 1 is 1.54 bits per heavy atom. The van der Waals surface area contributed by atoms with Crippen LogP contribution >= 0.6 is 11.8 Å². The minimum Gasteiger partial charge on any atom is -0.327 e. The van der Waals surface area contributed by atoms with Crippen LogP contribution in [0.4, 0.5) is 0 Å². The lowest BCUT2D eigenvalue weighted by Gasteiger charge is -2.13. The van der Waals surface area contributed by atoms with E-state index in [1.807, 2.05) is 6.07 Å². The average Bonchev–Trinajstić information content (AvgIpc) is 2.15. The molecule has 0 amide bonds. The van der Waals surface area contributed by atoms with E-state index >= 15 is 0 Å². The smallest absolute Gasteiger partial charge is 0.116 e. The van der Waals surface area contributed by atoms with Crippen molar-refractivity contribution in [3.8, 4) is 0 Å². The molecule has 0 aromatic carbocycles. The Kier molecular flexibility index (Phi) is 4.18. The van der Waals surface area contributed by atoms with Crippen molar-refractivity contribution in [3.05, 3.63) is 18.6 Å². The fourth-order valence-electron chi connectivity index (χ4n) is 0.738. The van der Waals surface area contributed by atoms with Gasteiger partial charge in [-0.05, 0) is 12.0 Å². The van der Waals surface area contributed by atoms with Crippen molar-refractivity contribution in [2.24, 2.45) is 11.7 Å². The fraction of sp³-hybridized carbons (Fsp3) is 0.556. The van der Waals surface area contributed by atoms with Crippen molar-refractivity contribution in [2.45, 2.75) is 24.9 Å². The molecule has 1 aromatic rings. The van der Waals surface area contributed by atoms with E-state index in [1.54, 1.807) is 24.3 Å². The second-order valence-electron chi connectivity index (χ2n) is 3.27. The van der Waals surface area contributed by atoms with E-state index < -0.39 is 0 Å². The Labute approximate surface area is 83.2 Å². The summed E-state index contributed by atoms with van der Waals surface area (Å²) in [4.78, 5) is 7.96. The molecule has 0 fully saturated rings. The normalized spacial score (nSPS) is 13.2. The zero-order valence-corrected chi connectivity index (χ0v) is 8.79. The Morgan fingerprint density at radius 3 is 2.85 bits per heavy atom. The lowest BCUT2D eigenvalue weighted by molar-refractivity contribution is 0.535. The first-order valence-corrected chi connectivity index (χ1v) is 5.33. The highest BCUT2D eigenvalue weighted by molar-refractivity contribution is 7.99. The standard InChI is InChI=1S/C9H15N3S/c1-7(2)8(10)5-13-9-3-4-11-6-12-9/h3-4,6-8H,5,10H2,1-2H3. The Balaban J connectivity index is 2.35. The summed E-state index contributed by atoms with van der Waals surface area (Å²) in [5.74, 6) is 1.43. The molecule has 1 unspecified atom stereocenters. The number of nitrogens with two attached hydrogens (primary N) is 1. The summed E-state index contributed by atoms with van der Waals surface area (Å²) in [6.45, 7) is 4.26. The summed E-state index contributed by atoms with van der Waals surface area (Å²) in [7, 11) is 0. The van der Waals surface area contributed by atoms with Crippen LogP contribution in [0.1, 0.15) is 13.8 Å². The summed E-state index contributed by atoms with van der Waals surface area (Å²) in [5.41, 5.74) is 5.90. The Hall–Kier alpha value is -0.610. The summed E-state index contributed by atoms with van der Waals surface area (Å²) < 4.78 is 0. The van der Waals surface area contributed by atoms with E-state index in [9.17, 15) is 0 Å². The number of aromatic nitrogens is 2. The van der Waals surface area contributed by atoms with E-state index in [2.05, 4.69) is 23.8 Å². The number of thioether (sulfide) groups is 1. The first-order valence-electron chi connectivity index (χ1n) is 4.34. The highest BCUT2D eigenvalue weighted by atomic mass is 32.2. The van der Waals surface area contributed by atoms with Gasteiger partial charge in [0.15, 0.2) is 0 Å². The quantitative estimate of drug-likeness (QED) is 0.588. The summed E-state index contributed by atoms with van der Waals surface area (Å²) in [5, 5.41) is 0.992. The van der Waals surface area contributed by atoms with Gasteiger partial charge in [-0.25, -0.2) is 9.97 Å². The molecule has 1 heterocycles. The van der Waals surface area contributed by atoms with Crippen LogP contribution in [0.15, 0.2) is 23.6 Å². The molecule has 0 aliphatic heterocycles. The molecule has 4 heteroatoms. The van der Waals surface area contributed by atoms with Gasteiger partial charge in [-0.3, -0.25) is 0 Å². The van der Waals surface area contributed by atoms with Gasteiger partial charge in [0.1, 0.15) is 6.33 Å². The molecule has 2 N–H and O–H groups in total. The molecule has 0 radical (unpaired) electrons. The van der Waals surface area contributed by atoms with Gasteiger partial charge in [-0.1, -0.05) is 13.8 Å². The van der Waals surface area contributed by atoms with Crippen LogP contribution in [0.3, 0.4) is 0 Å². The fourth-order valence-corrected chi connectivity index (χ4v) is 1.76. The molecule has 0 aliphatic carbocycles. The number of hydrogen-bond donors (Lipinski definition) is 1.